The molecule has 94 valence electrons. The molecule has 1 N–H and O–H groups in total. The molecule has 0 aliphatic carbocycles. The third-order valence-electron chi connectivity index (χ3n) is 2.96. The number of hydrogen-bond donors (Lipinski definition) is 1. The molecule has 0 amide bonds. The third-order valence-corrected chi connectivity index (χ3v) is 2.96. The van der Waals surface area contributed by atoms with E-state index < -0.39 is 6.10 Å². The minimum Gasteiger partial charge on any atom is -0.487 e. The van der Waals surface area contributed by atoms with Crippen molar-refractivity contribution in [3.63, 3.8) is 0 Å². The van der Waals surface area contributed by atoms with Crippen LogP contribution in [-0.2, 0) is 6.42 Å². The van der Waals surface area contributed by atoms with Crippen molar-refractivity contribution in [2.24, 2.45) is 0 Å². The summed E-state index contributed by atoms with van der Waals surface area (Å²) in [4.78, 5) is 0. The largest absolute Gasteiger partial charge is 0.487 e. The lowest BCUT2D eigenvalue weighted by Crippen LogP contribution is -2.25. The van der Waals surface area contributed by atoms with E-state index in [1.165, 1.54) is 5.56 Å². The van der Waals surface area contributed by atoms with E-state index in [1.54, 1.807) is 0 Å². The van der Waals surface area contributed by atoms with Crippen LogP contribution in [0.1, 0.15) is 32.8 Å². The highest BCUT2D eigenvalue weighted by Gasteiger charge is 2.32. The fourth-order valence-electron chi connectivity index (χ4n) is 2.00. The minimum atomic E-state index is -0.416. The normalized spacial score (nSPS) is 18.4. The van der Waals surface area contributed by atoms with Crippen molar-refractivity contribution in [3.8, 4) is 11.5 Å². The number of fused-ring (bicyclic) bond motifs is 1. The van der Waals surface area contributed by atoms with Crippen LogP contribution in [0.15, 0.2) is 18.2 Å². The SMILES string of the molecule is CCC(O)COc1cccc2c1OC(C)(C)C2. The second-order valence-corrected chi connectivity index (χ2v) is 5.16. The summed E-state index contributed by atoms with van der Waals surface area (Å²) in [6.45, 7) is 6.38. The van der Waals surface area contributed by atoms with E-state index in [0.29, 0.717) is 13.0 Å². The molecule has 1 aliphatic heterocycles. The van der Waals surface area contributed by atoms with Gasteiger partial charge in [-0.3, -0.25) is 0 Å². The van der Waals surface area contributed by atoms with Gasteiger partial charge in [0.2, 0.25) is 0 Å². The molecule has 0 saturated heterocycles. The monoisotopic (exact) mass is 236 g/mol. The van der Waals surface area contributed by atoms with Gasteiger partial charge in [0.1, 0.15) is 12.2 Å². The first-order chi connectivity index (χ1) is 8.02. The lowest BCUT2D eigenvalue weighted by molar-refractivity contribution is 0.0956. The van der Waals surface area contributed by atoms with Crippen LogP contribution in [0.3, 0.4) is 0 Å². The predicted molar refractivity (Wildman–Crippen MR) is 66.6 cm³/mol. The Morgan fingerprint density at radius 1 is 1.47 bits per heavy atom. The Bertz CT molecular complexity index is 398. The molecule has 0 bridgehead atoms. The second kappa shape index (κ2) is 4.57. The van der Waals surface area contributed by atoms with Crippen molar-refractivity contribution in [1.82, 2.24) is 0 Å². The van der Waals surface area contributed by atoms with Gasteiger partial charge in [-0.2, -0.15) is 0 Å². The molecule has 1 atom stereocenters. The van der Waals surface area contributed by atoms with Crippen molar-refractivity contribution in [3.05, 3.63) is 23.8 Å². The van der Waals surface area contributed by atoms with Gasteiger partial charge in [-0.05, 0) is 26.3 Å². The first-order valence-electron chi connectivity index (χ1n) is 6.13. The van der Waals surface area contributed by atoms with Crippen LogP contribution in [0.5, 0.6) is 11.5 Å². The molecule has 1 aromatic carbocycles. The summed E-state index contributed by atoms with van der Waals surface area (Å²) >= 11 is 0. The number of para-hydroxylation sites is 1. The summed E-state index contributed by atoms with van der Waals surface area (Å²) in [6, 6.07) is 5.92. The maximum absolute atomic E-state index is 9.50. The van der Waals surface area contributed by atoms with Gasteiger partial charge < -0.3 is 14.6 Å². The highest BCUT2D eigenvalue weighted by Crippen LogP contribution is 2.41. The van der Waals surface area contributed by atoms with Crippen molar-refractivity contribution in [1.29, 1.82) is 0 Å². The summed E-state index contributed by atoms with van der Waals surface area (Å²) in [5.74, 6) is 1.57. The number of benzene rings is 1. The minimum absolute atomic E-state index is 0.162. The predicted octanol–water partition coefficient (Wildman–Crippen LogP) is 2.55. The standard InChI is InChI=1S/C14H20O3/c1-4-11(15)9-16-12-7-5-6-10-8-14(2,3)17-13(10)12/h5-7,11,15H,4,8-9H2,1-3H3. The van der Waals surface area contributed by atoms with Crippen LogP contribution >= 0.6 is 0 Å². The zero-order valence-electron chi connectivity index (χ0n) is 10.7. The summed E-state index contributed by atoms with van der Waals surface area (Å²) in [5.41, 5.74) is 1.02. The van der Waals surface area contributed by atoms with E-state index in [4.69, 9.17) is 9.47 Å². The molecule has 1 heterocycles. The van der Waals surface area contributed by atoms with Crippen LogP contribution in [0.4, 0.5) is 0 Å². The maximum Gasteiger partial charge on any atom is 0.165 e. The number of aliphatic hydroxyl groups excluding tert-OH is 1. The van der Waals surface area contributed by atoms with Crippen molar-refractivity contribution < 1.29 is 14.6 Å². The summed E-state index contributed by atoms with van der Waals surface area (Å²) < 4.78 is 11.5. The molecular formula is C14H20O3. The maximum atomic E-state index is 9.50. The van der Waals surface area contributed by atoms with Gasteiger partial charge in [-0.15, -0.1) is 0 Å². The average molecular weight is 236 g/mol. The van der Waals surface area contributed by atoms with E-state index >= 15 is 0 Å². The van der Waals surface area contributed by atoms with Gasteiger partial charge in [-0.25, -0.2) is 0 Å². The van der Waals surface area contributed by atoms with E-state index in [2.05, 4.69) is 19.9 Å². The van der Waals surface area contributed by atoms with E-state index in [0.717, 1.165) is 17.9 Å². The molecule has 1 aliphatic rings. The molecule has 1 unspecified atom stereocenters. The molecule has 17 heavy (non-hydrogen) atoms. The van der Waals surface area contributed by atoms with Crippen LogP contribution in [-0.4, -0.2) is 23.4 Å². The zero-order valence-corrected chi connectivity index (χ0v) is 10.7. The molecule has 0 fully saturated rings. The number of ether oxygens (including phenoxy) is 2. The van der Waals surface area contributed by atoms with Crippen LogP contribution in [0.2, 0.25) is 0 Å². The Labute approximate surface area is 102 Å². The number of hydrogen-bond acceptors (Lipinski definition) is 3. The second-order valence-electron chi connectivity index (χ2n) is 5.16. The lowest BCUT2D eigenvalue weighted by atomic mass is 10.0. The van der Waals surface area contributed by atoms with Gasteiger partial charge in [0.25, 0.3) is 0 Å². The van der Waals surface area contributed by atoms with Gasteiger partial charge in [0.15, 0.2) is 11.5 Å². The number of rotatable bonds is 4. The van der Waals surface area contributed by atoms with Crippen molar-refractivity contribution in [2.75, 3.05) is 6.61 Å². The summed E-state index contributed by atoms with van der Waals surface area (Å²) in [5, 5.41) is 9.50. The first kappa shape index (κ1) is 12.2. The first-order valence-corrected chi connectivity index (χ1v) is 6.13. The fraction of sp³-hybridized carbons (Fsp3) is 0.571. The Morgan fingerprint density at radius 2 is 2.24 bits per heavy atom. The molecule has 3 heteroatoms. The highest BCUT2D eigenvalue weighted by atomic mass is 16.5. The van der Waals surface area contributed by atoms with Gasteiger partial charge in [-0.1, -0.05) is 19.1 Å². The van der Waals surface area contributed by atoms with Gasteiger partial charge >= 0.3 is 0 Å². The topological polar surface area (TPSA) is 38.7 Å². The molecule has 0 radical (unpaired) electrons. The van der Waals surface area contributed by atoms with Crippen LogP contribution < -0.4 is 9.47 Å². The molecular weight excluding hydrogens is 216 g/mol. The third kappa shape index (κ3) is 2.72. The Balaban J connectivity index is 2.13. The zero-order chi connectivity index (χ0) is 12.5. The molecule has 0 aromatic heterocycles. The van der Waals surface area contributed by atoms with E-state index in [9.17, 15) is 5.11 Å². The molecule has 1 aromatic rings. The van der Waals surface area contributed by atoms with Gasteiger partial charge in [0.05, 0.1) is 6.10 Å². The molecule has 2 rings (SSSR count). The van der Waals surface area contributed by atoms with Gasteiger partial charge in [0, 0.05) is 12.0 Å². The Hall–Kier alpha value is -1.22. The summed E-state index contributed by atoms with van der Waals surface area (Å²) in [7, 11) is 0. The molecule has 0 saturated carbocycles. The lowest BCUT2D eigenvalue weighted by Gasteiger charge is -2.18. The fourth-order valence-corrected chi connectivity index (χ4v) is 2.00. The molecule has 3 nitrogen and oxygen atoms in total. The smallest absolute Gasteiger partial charge is 0.165 e. The van der Waals surface area contributed by atoms with Crippen LogP contribution in [0, 0.1) is 0 Å². The molecule has 0 spiro atoms. The van der Waals surface area contributed by atoms with E-state index in [-0.39, 0.29) is 5.60 Å². The average Bonchev–Trinajstić information content (AvgIpc) is 2.60. The summed E-state index contributed by atoms with van der Waals surface area (Å²) in [6.07, 6.45) is 1.18. The van der Waals surface area contributed by atoms with E-state index in [1.807, 2.05) is 19.1 Å². The highest BCUT2D eigenvalue weighted by molar-refractivity contribution is 5.50. The van der Waals surface area contributed by atoms with Crippen molar-refractivity contribution in [2.45, 2.75) is 45.3 Å². The quantitative estimate of drug-likeness (QED) is 0.873. The Morgan fingerprint density at radius 3 is 2.94 bits per heavy atom. The Kier molecular flexibility index (Phi) is 3.29. The number of aliphatic hydroxyl groups is 1. The van der Waals surface area contributed by atoms with Crippen molar-refractivity contribution >= 4 is 0 Å². The van der Waals surface area contributed by atoms with Crippen LogP contribution in [0.25, 0.3) is 0 Å².